The molecule has 2 aromatic carbocycles. The zero-order valence-electron chi connectivity index (χ0n) is 16.1. The van der Waals surface area contributed by atoms with Crippen LogP contribution in [0.5, 0.6) is 23.0 Å². The third-order valence-electron chi connectivity index (χ3n) is 5.36. The van der Waals surface area contributed by atoms with Crippen LogP contribution in [0.2, 0.25) is 0 Å². The minimum absolute atomic E-state index is 0.178. The first-order valence-electron chi connectivity index (χ1n) is 9.45. The molecule has 2 aliphatic heterocycles. The lowest BCUT2D eigenvalue weighted by Crippen LogP contribution is -3.08. The van der Waals surface area contributed by atoms with E-state index in [0.29, 0.717) is 34.9 Å². The fraction of sp³-hybridized carbons (Fsp3) is 0.318. The molecule has 6 nitrogen and oxygen atoms in total. The van der Waals surface area contributed by atoms with Gasteiger partial charge in [-0.2, -0.15) is 0 Å². The van der Waals surface area contributed by atoms with Gasteiger partial charge in [-0.1, -0.05) is 6.07 Å². The number of nitrogens with one attached hydrogen (secondary N) is 1. The summed E-state index contributed by atoms with van der Waals surface area (Å²) in [6, 6.07) is 8.63. The van der Waals surface area contributed by atoms with Crippen molar-refractivity contribution < 1.29 is 29.0 Å². The highest BCUT2D eigenvalue weighted by Crippen LogP contribution is 2.39. The van der Waals surface area contributed by atoms with Crippen molar-refractivity contribution in [3.05, 3.63) is 52.8 Å². The average Bonchev–Trinajstić information content (AvgIpc) is 3.32. The largest absolute Gasteiger partial charge is 0.507 e. The van der Waals surface area contributed by atoms with Gasteiger partial charge in [-0.3, -0.25) is 4.79 Å². The number of aromatic hydroxyl groups is 1. The molecular formula is C22H24NO5+. The van der Waals surface area contributed by atoms with Crippen LogP contribution >= 0.6 is 0 Å². The maximum Gasteiger partial charge on any atom is 0.231 e. The maximum absolute atomic E-state index is 12.8. The summed E-state index contributed by atoms with van der Waals surface area (Å²) in [6.45, 7) is 2.81. The average molecular weight is 382 g/mol. The van der Waals surface area contributed by atoms with Crippen molar-refractivity contribution in [1.29, 1.82) is 0 Å². The molecule has 4 rings (SSSR count). The number of phenolic OH excluding ortho intramolecular Hbond substituents is 1. The third-order valence-corrected chi connectivity index (χ3v) is 5.36. The molecule has 0 atom stereocenters. The van der Waals surface area contributed by atoms with Crippen molar-refractivity contribution in [3.8, 4) is 23.0 Å². The molecule has 1 saturated heterocycles. The van der Waals surface area contributed by atoms with Crippen LogP contribution < -0.4 is 19.1 Å². The van der Waals surface area contributed by atoms with Crippen LogP contribution in [0.4, 0.5) is 0 Å². The number of hydrogen-bond acceptors (Lipinski definition) is 5. The quantitative estimate of drug-likeness (QED) is 0.776. The molecule has 1 fully saturated rings. The molecule has 0 radical (unpaired) electrons. The summed E-state index contributed by atoms with van der Waals surface area (Å²) < 4.78 is 16.5. The summed E-state index contributed by atoms with van der Waals surface area (Å²) in [4.78, 5) is 14.2. The molecule has 0 bridgehead atoms. The normalized spacial score (nSPS) is 17.6. The predicted octanol–water partition coefficient (Wildman–Crippen LogP) is 2.20. The summed E-state index contributed by atoms with van der Waals surface area (Å²) in [5.74, 6) is 1.92. The van der Waals surface area contributed by atoms with Crippen LogP contribution in [-0.4, -0.2) is 38.2 Å². The van der Waals surface area contributed by atoms with Crippen LogP contribution in [0.15, 0.2) is 36.1 Å². The minimum atomic E-state index is -0.178. The van der Waals surface area contributed by atoms with Crippen molar-refractivity contribution in [3.63, 3.8) is 0 Å². The number of methoxy groups -OCH3 is 2. The van der Waals surface area contributed by atoms with Gasteiger partial charge in [0.15, 0.2) is 23.0 Å². The van der Waals surface area contributed by atoms with E-state index in [1.54, 1.807) is 44.6 Å². The number of rotatable bonds is 5. The molecule has 0 unspecified atom stereocenters. The molecule has 2 aromatic rings. The number of ether oxygens (including phenoxy) is 3. The van der Waals surface area contributed by atoms with E-state index >= 15 is 0 Å². The predicted molar refractivity (Wildman–Crippen MR) is 104 cm³/mol. The Morgan fingerprint density at radius 2 is 1.86 bits per heavy atom. The number of phenols is 1. The highest BCUT2D eigenvalue weighted by atomic mass is 16.5. The second-order valence-corrected chi connectivity index (χ2v) is 7.13. The Kier molecular flexibility index (Phi) is 4.96. The molecular weight excluding hydrogens is 358 g/mol. The lowest BCUT2D eigenvalue weighted by atomic mass is 10.0. The summed E-state index contributed by atoms with van der Waals surface area (Å²) in [5.41, 5.74) is 1.97. The molecule has 6 heteroatoms. The van der Waals surface area contributed by atoms with Gasteiger partial charge < -0.3 is 24.2 Å². The highest BCUT2D eigenvalue weighted by Gasteiger charge is 2.33. The van der Waals surface area contributed by atoms with Crippen molar-refractivity contribution in [2.75, 3.05) is 27.3 Å². The summed E-state index contributed by atoms with van der Waals surface area (Å²) in [6.07, 6.45) is 4.07. The SMILES string of the molecule is COc1ccc(/C=C2\Oc3c(ccc(O)c3C[NH+]3CCCC3)C2=O)cc1OC. The zero-order valence-corrected chi connectivity index (χ0v) is 16.1. The Morgan fingerprint density at radius 1 is 1.11 bits per heavy atom. The molecule has 0 aromatic heterocycles. The van der Waals surface area contributed by atoms with Crippen molar-refractivity contribution in [2.45, 2.75) is 19.4 Å². The van der Waals surface area contributed by atoms with E-state index in [1.165, 1.54) is 17.7 Å². The van der Waals surface area contributed by atoms with Crippen molar-refractivity contribution in [2.24, 2.45) is 0 Å². The van der Waals surface area contributed by atoms with Gasteiger partial charge in [0, 0.05) is 12.8 Å². The van der Waals surface area contributed by atoms with Gasteiger partial charge in [0.2, 0.25) is 5.78 Å². The number of carbonyl (C=O) groups excluding carboxylic acids is 1. The van der Waals surface area contributed by atoms with E-state index in [0.717, 1.165) is 18.7 Å². The first-order chi connectivity index (χ1) is 13.6. The zero-order chi connectivity index (χ0) is 19.7. The molecule has 2 N–H and O–H groups in total. The van der Waals surface area contributed by atoms with Crippen LogP contribution in [-0.2, 0) is 6.54 Å². The Labute approximate surface area is 163 Å². The van der Waals surface area contributed by atoms with Gasteiger partial charge in [-0.25, -0.2) is 0 Å². The number of likely N-dealkylation sites (tertiary alicyclic amines) is 1. The second-order valence-electron chi connectivity index (χ2n) is 7.13. The molecule has 0 saturated carbocycles. The summed E-state index contributed by atoms with van der Waals surface area (Å²) in [5, 5.41) is 10.4. The Morgan fingerprint density at radius 3 is 2.57 bits per heavy atom. The van der Waals surface area contributed by atoms with Crippen molar-refractivity contribution in [1.82, 2.24) is 0 Å². The molecule has 0 aliphatic carbocycles. The Hall–Kier alpha value is -2.99. The molecule has 146 valence electrons. The monoisotopic (exact) mass is 382 g/mol. The lowest BCUT2D eigenvalue weighted by molar-refractivity contribution is -0.901. The Bertz CT molecular complexity index is 944. The second kappa shape index (κ2) is 7.56. The van der Waals surface area contributed by atoms with Gasteiger partial charge in [-0.15, -0.1) is 0 Å². The van der Waals surface area contributed by atoms with E-state index in [-0.39, 0.29) is 17.3 Å². The summed E-state index contributed by atoms with van der Waals surface area (Å²) >= 11 is 0. The highest BCUT2D eigenvalue weighted by molar-refractivity contribution is 6.15. The molecule has 2 heterocycles. The van der Waals surface area contributed by atoms with Crippen LogP contribution in [0.1, 0.15) is 34.3 Å². The van der Waals surface area contributed by atoms with E-state index in [9.17, 15) is 9.90 Å². The first-order valence-corrected chi connectivity index (χ1v) is 9.45. The number of quaternary nitrogens is 1. The van der Waals surface area contributed by atoms with Gasteiger partial charge in [-0.05, 0) is 35.9 Å². The van der Waals surface area contributed by atoms with E-state index in [1.807, 2.05) is 6.07 Å². The van der Waals surface area contributed by atoms with E-state index in [4.69, 9.17) is 14.2 Å². The summed E-state index contributed by atoms with van der Waals surface area (Å²) in [7, 11) is 3.14. The van der Waals surface area contributed by atoms with Crippen LogP contribution in [0, 0.1) is 0 Å². The van der Waals surface area contributed by atoms with Crippen molar-refractivity contribution >= 4 is 11.9 Å². The number of fused-ring (bicyclic) bond motifs is 1. The standard InChI is InChI=1S/C22H23NO5/c1-26-18-8-5-14(11-19(18)27-2)12-20-21(25)15-6-7-17(24)16(22(15)28-20)13-23-9-3-4-10-23/h5-8,11-12,24H,3-4,9-10,13H2,1-2H3/p+1/b20-12-. The van der Waals surface area contributed by atoms with E-state index in [2.05, 4.69) is 0 Å². The van der Waals surface area contributed by atoms with E-state index < -0.39 is 0 Å². The third kappa shape index (κ3) is 3.31. The van der Waals surface area contributed by atoms with Crippen LogP contribution in [0.25, 0.3) is 6.08 Å². The Balaban J connectivity index is 1.66. The number of benzene rings is 2. The molecule has 2 aliphatic rings. The topological polar surface area (TPSA) is 69.4 Å². The molecule has 0 amide bonds. The van der Waals surface area contributed by atoms with Crippen LogP contribution in [0.3, 0.4) is 0 Å². The smallest absolute Gasteiger partial charge is 0.231 e. The minimum Gasteiger partial charge on any atom is -0.507 e. The molecule has 28 heavy (non-hydrogen) atoms. The van der Waals surface area contributed by atoms with Gasteiger partial charge in [0.25, 0.3) is 0 Å². The first kappa shape index (κ1) is 18.4. The number of allylic oxidation sites excluding steroid dienone is 1. The number of Topliss-reactive ketones (excluding diaryl/α,β-unsaturated/α-hetero) is 1. The number of ketones is 1. The fourth-order valence-corrected chi connectivity index (χ4v) is 3.86. The number of hydrogen-bond donors (Lipinski definition) is 2. The number of carbonyl (C=O) groups is 1. The molecule has 0 spiro atoms. The van der Waals surface area contributed by atoms with Gasteiger partial charge in [0.1, 0.15) is 12.3 Å². The fourth-order valence-electron chi connectivity index (χ4n) is 3.86. The lowest BCUT2D eigenvalue weighted by Gasteiger charge is -2.15. The van der Waals surface area contributed by atoms with Gasteiger partial charge in [0.05, 0.1) is 38.4 Å². The maximum atomic E-state index is 12.8. The van der Waals surface area contributed by atoms with Gasteiger partial charge >= 0.3 is 0 Å².